The summed E-state index contributed by atoms with van der Waals surface area (Å²) in [5, 5.41) is 0. The van der Waals surface area contributed by atoms with E-state index in [4.69, 9.17) is 4.74 Å². The van der Waals surface area contributed by atoms with Crippen LogP contribution in [0.5, 0.6) is 0 Å². The highest BCUT2D eigenvalue weighted by Crippen LogP contribution is 2.31. The maximum atomic E-state index is 5.68. The van der Waals surface area contributed by atoms with Crippen LogP contribution in [0.15, 0.2) is 0 Å². The van der Waals surface area contributed by atoms with Crippen LogP contribution in [0.2, 0.25) is 0 Å². The largest absolute Gasteiger partial charge is 0.379 e. The molecule has 1 atom stereocenters. The molecule has 1 fully saturated rings. The highest BCUT2D eigenvalue weighted by atomic mass is 16.5. The summed E-state index contributed by atoms with van der Waals surface area (Å²) in [6.45, 7) is 7.71. The van der Waals surface area contributed by atoms with Crippen molar-refractivity contribution in [2.45, 2.75) is 71.8 Å². The highest BCUT2D eigenvalue weighted by molar-refractivity contribution is 4.74. The predicted molar refractivity (Wildman–Crippen MR) is 66.1 cm³/mol. The Balaban J connectivity index is 2.14. The van der Waals surface area contributed by atoms with Crippen LogP contribution < -0.4 is 0 Å². The Morgan fingerprint density at radius 1 is 1.13 bits per heavy atom. The van der Waals surface area contributed by atoms with Gasteiger partial charge in [-0.25, -0.2) is 0 Å². The van der Waals surface area contributed by atoms with Crippen molar-refractivity contribution in [1.82, 2.24) is 0 Å². The topological polar surface area (TPSA) is 9.23 Å². The molecule has 90 valence electrons. The predicted octanol–water partition coefficient (Wildman–Crippen LogP) is 4.41. The van der Waals surface area contributed by atoms with E-state index in [0.717, 1.165) is 18.4 Å². The summed E-state index contributed by atoms with van der Waals surface area (Å²) in [4.78, 5) is 0. The molecule has 1 saturated carbocycles. The first-order chi connectivity index (χ1) is 7.26. The van der Waals surface area contributed by atoms with Crippen molar-refractivity contribution >= 4 is 0 Å². The lowest BCUT2D eigenvalue weighted by molar-refractivity contribution is 0.0230. The lowest BCUT2D eigenvalue weighted by atomic mass is 9.81. The summed E-state index contributed by atoms with van der Waals surface area (Å²) >= 11 is 0. The number of hydrogen-bond acceptors (Lipinski definition) is 1. The maximum Gasteiger partial charge on any atom is 0.0575 e. The summed E-state index contributed by atoms with van der Waals surface area (Å²) < 4.78 is 5.68. The van der Waals surface area contributed by atoms with Crippen LogP contribution in [-0.2, 0) is 4.74 Å². The molecule has 1 unspecified atom stereocenters. The van der Waals surface area contributed by atoms with Gasteiger partial charge in [-0.1, -0.05) is 26.7 Å². The van der Waals surface area contributed by atoms with Gasteiger partial charge >= 0.3 is 0 Å². The Bertz CT molecular complexity index is 147. The zero-order valence-electron chi connectivity index (χ0n) is 10.8. The summed E-state index contributed by atoms with van der Waals surface area (Å²) in [7, 11) is 0. The molecule has 0 spiro atoms. The van der Waals surface area contributed by atoms with E-state index in [-0.39, 0.29) is 0 Å². The fraction of sp³-hybridized carbons (Fsp3) is 1.00. The second-order valence-electron chi connectivity index (χ2n) is 5.23. The minimum Gasteiger partial charge on any atom is -0.379 e. The molecule has 0 aromatic heterocycles. The molecule has 1 aliphatic carbocycles. The van der Waals surface area contributed by atoms with E-state index in [1.807, 2.05) is 0 Å². The van der Waals surface area contributed by atoms with Crippen molar-refractivity contribution in [3.63, 3.8) is 0 Å². The Morgan fingerprint density at radius 2 is 1.80 bits per heavy atom. The summed E-state index contributed by atoms with van der Waals surface area (Å²) in [5.41, 5.74) is 0. The van der Waals surface area contributed by atoms with Crippen molar-refractivity contribution in [2.75, 3.05) is 6.61 Å². The summed E-state index contributed by atoms with van der Waals surface area (Å²) in [6.07, 6.45) is 10.2. The minimum atomic E-state index is 0.577. The lowest BCUT2D eigenvalue weighted by Gasteiger charge is -2.29. The van der Waals surface area contributed by atoms with E-state index < -0.39 is 0 Å². The van der Waals surface area contributed by atoms with Gasteiger partial charge in [-0.05, 0) is 50.9 Å². The molecule has 0 aliphatic heterocycles. The Morgan fingerprint density at radius 3 is 2.33 bits per heavy atom. The molecule has 0 aromatic rings. The molecule has 0 saturated heterocycles. The molecule has 1 nitrogen and oxygen atoms in total. The normalized spacial score (nSPS) is 29.0. The van der Waals surface area contributed by atoms with Crippen molar-refractivity contribution < 1.29 is 4.74 Å². The van der Waals surface area contributed by atoms with Crippen LogP contribution in [0.1, 0.15) is 65.7 Å². The smallest absolute Gasteiger partial charge is 0.0575 e. The number of rotatable bonds is 6. The first-order valence-corrected chi connectivity index (χ1v) is 6.87. The number of hydrogen-bond donors (Lipinski definition) is 0. The third-order valence-electron chi connectivity index (χ3n) is 3.71. The summed E-state index contributed by atoms with van der Waals surface area (Å²) in [5.74, 6) is 1.92. The van der Waals surface area contributed by atoms with Gasteiger partial charge in [0.2, 0.25) is 0 Å². The van der Waals surface area contributed by atoms with Crippen LogP contribution >= 0.6 is 0 Å². The molecule has 1 aliphatic rings. The van der Waals surface area contributed by atoms with E-state index >= 15 is 0 Å². The molecule has 0 bridgehead atoms. The Kier molecular flexibility index (Phi) is 6.31. The third-order valence-corrected chi connectivity index (χ3v) is 3.71. The van der Waals surface area contributed by atoms with Crippen molar-refractivity contribution in [1.29, 1.82) is 0 Å². The van der Waals surface area contributed by atoms with Gasteiger partial charge < -0.3 is 4.74 Å². The second-order valence-corrected chi connectivity index (χ2v) is 5.23. The lowest BCUT2D eigenvalue weighted by Crippen LogP contribution is -2.22. The van der Waals surface area contributed by atoms with E-state index in [1.165, 1.54) is 44.9 Å². The maximum absolute atomic E-state index is 5.68. The zero-order valence-corrected chi connectivity index (χ0v) is 10.8. The van der Waals surface area contributed by atoms with Crippen molar-refractivity contribution in [3.05, 3.63) is 0 Å². The van der Waals surface area contributed by atoms with Gasteiger partial charge in [0.25, 0.3) is 0 Å². The molecule has 0 amide bonds. The van der Waals surface area contributed by atoms with Gasteiger partial charge in [0.15, 0.2) is 0 Å². The molecule has 0 aromatic carbocycles. The molecule has 1 rings (SSSR count). The monoisotopic (exact) mass is 212 g/mol. The van der Waals surface area contributed by atoms with E-state index in [0.29, 0.717) is 6.10 Å². The molecule has 15 heavy (non-hydrogen) atoms. The summed E-state index contributed by atoms with van der Waals surface area (Å²) in [6, 6.07) is 0. The van der Waals surface area contributed by atoms with Crippen LogP contribution in [0, 0.1) is 11.8 Å². The van der Waals surface area contributed by atoms with Crippen LogP contribution in [0.3, 0.4) is 0 Å². The molecule has 0 N–H and O–H groups in total. The fourth-order valence-electron chi connectivity index (χ4n) is 2.95. The fourth-order valence-corrected chi connectivity index (χ4v) is 2.95. The van der Waals surface area contributed by atoms with Gasteiger partial charge in [0, 0.05) is 6.61 Å². The average Bonchev–Trinajstić information content (AvgIpc) is 2.22. The van der Waals surface area contributed by atoms with Crippen LogP contribution in [0.4, 0.5) is 0 Å². The molecule has 1 heteroatoms. The SMILES string of the molecule is CCCC(C)CC1CCC(OCC)CC1. The Hall–Kier alpha value is -0.0400. The highest BCUT2D eigenvalue weighted by Gasteiger charge is 2.22. The van der Waals surface area contributed by atoms with Crippen LogP contribution in [-0.4, -0.2) is 12.7 Å². The standard InChI is InChI=1S/C14H28O/c1-4-6-12(3)11-13-7-9-14(10-8-13)15-5-2/h12-14H,4-11H2,1-3H3. The molecular formula is C14H28O. The van der Waals surface area contributed by atoms with E-state index in [1.54, 1.807) is 0 Å². The molecule has 0 heterocycles. The quantitative estimate of drug-likeness (QED) is 0.634. The molecule has 0 radical (unpaired) electrons. The van der Waals surface area contributed by atoms with Gasteiger partial charge in [0.1, 0.15) is 0 Å². The van der Waals surface area contributed by atoms with E-state index in [9.17, 15) is 0 Å². The third kappa shape index (κ3) is 5.01. The first-order valence-electron chi connectivity index (χ1n) is 6.87. The van der Waals surface area contributed by atoms with Crippen LogP contribution in [0.25, 0.3) is 0 Å². The van der Waals surface area contributed by atoms with Gasteiger partial charge in [-0.2, -0.15) is 0 Å². The Labute approximate surface area is 95.6 Å². The average molecular weight is 212 g/mol. The van der Waals surface area contributed by atoms with Crippen molar-refractivity contribution in [2.24, 2.45) is 11.8 Å². The van der Waals surface area contributed by atoms with Crippen molar-refractivity contribution in [3.8, 4) is 0 Å². The first kappa shape index (κ1) is 13.0. The zero-order chi connectivity index (χ0) is 11.1. The van der Waals surface area contributed by atoms with Gasteiger partial charge in [-0.3, -0.25) is 0 Å². The number of ether oxygens (including phenoxy) is 1. The minimum absolute atomic E-state index is 0.577. The van der Waals surface area contributed by atoms with E-state index in [2.05, 4.69) is 20.8 Å². The second kappa shape index (κ2) is 7.27. The van der Waals surface area contributed by atoms with Gasteiger partial charge in [-0.15, -0.1) is 0 Å². The van der Waals surface area contributed by atoms with Gasteiger partial charge in [0.05, 0.1) is 6.10 Å². The molecular weight excluding hydrogens is 184 g/mol.